The van der Waals surface area contributed by atoms with Gasteiger partial charge in [0, 0.05) is 6.54 Å². The molecule has 0 heterocycles. The van der Waals surface area contributed by atoms with Crippen LogP contribution in [0.4, 0.5) is 4.39 Å². The average molecular weight is 480 g/mol. The second-order valence-electron chi connectivity index (χ2n) is 7.57. The van der Waals surface area contributed by atoms with Gasteiger partial charge in [0.15, 0.2) is 6.61 Å². The van der Waals surface area contributed by atoms with Crippen LogP contribution >= 0.6 is 0 Å². The highest BCUT2D eigenvalue weighted by molar-refractivity contribution is 7.89. The van der Waals surface area contributed by atoms with Crippen molar-refractivity contribution in [3.05, 3.63) is 65.5 Å². The summed E-state index contributed by atoms with van der Waals surface area (Å²) < 4.78 is 41.3. The molecule has 0 aliphatic heterocycles. The van der Waals surface area contributed by atoms with Gasteiger partial charge in [-0.1, -0.05) is 38.1 Å². The van der Waals surface area contributed by atoms with Gasteiger partial charge in [0.25, 0.3) is 11.8 Å². The van der Waals surface area contributed by atoms with E-state index in [9.17, 15) is 27.2 Å². The molecule has 0 spiro atoms. The summed E-state index contributed by atoms with van der Waals surface area (Å²) >= 11 is 0. The summed E-state index contributed by atoms with van der Waals surface area (Å²) in [6.45, 7) is 3.02. The van der Waals surface area contributed by atoms with E-state index in [0.29, 0.717) is 6.42 Å². The standard InChI is InChI=1S/C22H26FN3O6S/c1-14(2)20(26-21(28)17-5-3-4-6-18(17)23)22(29)32-13-19(27)25-12-11-15-7-9-16(10-8-15)33(24,30)31/h3-10,14,20H,11-13H2,1-2H3,(H,25,27)(H,26,28)(H2,24,30,31). The van der Waals surface area contributed by atoms with Gasteiger partial charge in [-0.15, -0.1) is 0 Å². The Morgan fingerprint density at radius 2 is 1.70 bits per heavy atom. The van der Waals surface area contributed by atoms with Gasteiger partial charge < -0.3 is 15.4 Å². The molecule has 2 rings (SSSR count). The van der Waals surface area contributed by atoms with E-state index in [0.717, 1.165) is 11.6 Å². The van der Waals surface area contributed by atoms with Crippen molar-refractivity contribution >= 4 is 27.8 Å². The number of carbonyl (C=O) groups is 3. The second-order valence-corrected chi connectivity index (χ2v) is 9.13. The van der Waals surface area contributed by atoms with Crippen molar-refractivity contribution in [2.75, 3.05) is 13.2 Å². The zero-order valence-corrected chi connectivity index (χ0v) is 19.0. The Balaban J connectivity index is 1.81. The molecular weight excluding hydrogens is 453 g/mol. The molecule has 0 saturated carbocycles. The summed E-state index contributed by atoms with van der Waals surface area (Å²) in [4.78, 5) is 36.6. The summed E-state index contributed by atoms with van der Waals surface area (Å²) in [5.41, 5.74) is 0.571. The molecular formula is C22H26FN3O6S. The number of halogens is 1. The molecule has 33 heavy (non-hydrogen) atoms. The molecule has 1 unspecified atom stereocenters. The van der Waals surface area contributed by atoms with Gasteiger partial charge in [-0.05, 0) is 42.2 Å². The number of sulfonamides is 1. The van der Waals surface area contributed by atoms with Crippen molar-refractivity contribution in [2.45, 2.75) is 31.2 Å². The van der Waals surface area contributed by atoms with Crippen LogP contribution in [0.2, 0.25) is 0 Å². The van der Waals surface area contributed by atoms with E-state index in [1.54, 1.807) is 26.0 Å². The van der Waals surface area contributed by atoms with E-state index >= 15 is 0 Å². The molecule has 0 fully saturated rings. The number of hydrogen-bond acceptors (Lipinski definition) is 6. The van der Waals surface area contributed by atoms with Gasteiger partial charge >= 0.3 is 5.97 Å². The van der Waals surface area contributed by atoms with Crippen molar-refractivity contribution in [3.63, 3.8) is 0 Å². The smallest absolute Gasteiger partial charge is 0.329 e. The van der Waals surface area contributed by atoms with Crippen LogP contribution in [0.15, 0.2) is 53.4 Å². The minimum atomic E-state index is -3.77. The molecule has 2 aromatic carbocycles. The summed E-state index contributed by atoms with van der Waals surface area (Å²) in [5, 5.41) is 10.1. The predicted molar refractivity (Wildman–Crippen MR) is 118 cm³/mol. The second kappa shape index (κ2) is 11.5. The monoisotopic (exact) mass is 479 g/mol. The van der Waals surface area contributed by atoms with Crippen molar-refractivity contribution in [1.29, 1.82) is 0 Å². The lowest BCUT2D eigenvalue weighted by Crippen LogP contribution is -2.46. The summed E-state index contributed by atoms with van der Waals surface area (Å²) in [6.07, 6.45) is 0.415. The van der Waals surface area contributed by atoms with E-state index in [2.05, 4.69) is 10.6 Å². The van der Waals surface area contributed by atoms with Crippen molar-refractivity contribution < 1.29 is 31.9 Å². The average Bonchev–Trinajstić information content (AvgIpc) is 2.75. The summed E-state index contributed by atoms with van der Waals surface area (Å²) in [5.74, 6) is -3.21. The van der Waals surface area contributed by atoms with Crippen LogP contribution in [-0.2, 0) is 30.8 Å². The number of hydrogen-bond donors (Lipinski definition) is 3. The van der Waals surface area contributed by atoms with Gasteiger partial charge in [-0.2, -0.15) is 0 Å². The lowest BCUT2D eigenvalue weighted by molar-refractivity contribution is -0.151. The Morgan fingerprint density at radius 3 is 2.27 bits per heavy atom. The van der Waals surface area contributed by atoms with E-state index < -0.39 is 46.3 Å². The number of nitrogens with two attached hydrogens (primary N) is 1. The van der Waals surface area contributed by atoms with Crippen LogP contribution in [0.1, 0.15) is 29.8 Å². The van der Waals surface area contributed by atoms with Crippen molar-refractivity contribution in [3.8, 4) is 0 Å². The van der Waals surface area contributed by atoms with Crippen LogP contribution in [0, 0.1) is 11.7 Å². The Kier molecular flexibility index (Phi) is 9.06. The van der Waals surface area contributed by atoms with Gasteiger partial charge in [-0.3, -0.25) is 9.59 Å². The molecule has 11 heteroatoms. The highest BCUT2D eigenvalue weighted by Crippen LogP contribution is 2.10. The molecule has 9 nitrogen and oxygen atoms in total. The first kappa shape index (κ1) is 25.9. The number of amides is 2. The van der Waals surface area contributed by atoms with Crippen LogP contribution in [0.3, 0.4) is 0 Å². The molecule has 0 radical (unpaired) electrons. The number of benzene rings is 2. The zero-order chi connectivity index (χ0) is 24.6. The summed E-state index contributed by atoms with van der Waals surface area (Å²) in [6, 6.07) is 10.2. The fourth-order valence-corrected chi connectivity index (χ4v) is 3.35. The van der Waals surface area contributed by atoms with Crippen molar-refractivity contribution in [2.24, 2.45) is 11.1 Å². The summed E-state index contributed by atoms with van der Waals surface area (Å²) in [7, 11) is -3.77. The largest absolute Gasteiger partial charge is 0.454 e. The normalized spacial score (nSPS) is 12.2. The SMILES string of the molecule is CC(C)C(NC(=O)c1ccccc1F)C(=O)OCC(=O)NCCc1ccc(S(N)(=O)=O)cc1. The van der Waals surface area contributed by atoms with Crippen LogP contribution < -0.4 is 15.8 Å². The molecule has 4 N–H and O–H groups in total. The molecule has 2 amide bonds. The van der Waals surface area contributed by atoms with Crippen LogP contribution in [0.25, 0.3) is 0 Å². The first-order valence-corrected chi connectivity index (χ1v) is 11.6. The molecule has 0 aliphatic carbocycles. The molecule has 0 aromatic heterocycles. The van der Waals surface area contributed by atoms with E-state index in [1.807, 2.05) is 0 Å². The maximum atomic E-state index is 13.8. The third-order valence-electron chi connectivity index (χ3n) is 4.66. The number of esters is 1. The van der Waals surface area contributed by atoms with Crippen LogP contribution in [-0.4, -0.2) is 45.4 Å². The van der Waals surface area contributed by atoms with Crippen molar-refractivity contribution in [1.82, 2.24) is 10.6 Å². The van der Waals surface area contributed by atoms with E-state index in [-0.39, 0.29) is 22.9 Å². The number of nitrogens with one attached hydrogen (secondary N) is 2. The number of carbonyl (C=O) groups excluding carboxylic acids is 3. The highest BCUT2D eigenvalue weighted by atomic mass is 32.2. The number of primary sulfonamides is 1. The Hall–Kier alpha value is -3.31. The molecule has 178 valence electrons. The quantitative estimate of drug-likeness (QED) is 0.436. The fourth-order valence-electron chi connectivity index (χ4n) is 2.83. The Labute approximate surface area is 191 Å². The molecule has 0 saturated heterocycles. The van der Waals surface area contributed by atoms with E-state index in [1.165, 1.54) is 30.3 Å². The first-order valence-electron chi connectivity index (χ1n) is 10.1. The van der Waals surface area contributed by atoms with E-state index in [4.69, 9.17) is 9.88 Å². The number of rotatable bonds is 10. The molecule has 0 bridgehead atoms. The maximum absolute atomic E-state index is 13.8. The Bertz CT molecular complexity index is 1100. The fraction of sp³-hybridized carbons (Fsp3) is 0.318. The lowest BCUT2D eigenvalue weighted by Gasteiger charge is -2.21. The maximum Gasteiger partial charge on any atom is 0.329 e. The third-order valence-corrected chi connectivity index (χ3v) is 5.59. The van der Waals surface area contributed by atoms with Gasteiger partial charge in [-0.25, -0.2) is 22.7 Å². The first-order chi connectivity index (χ1) is 15.5. The Morgan fingerprint density at radius 1 is 1.06 bits per heavy atom. The lowest BCUT2D eigenvalue weighted by atomic mass is 10.0. The van der Waals surface area contributed by atoms with Gasteiger partial charge in [0.1, 0.15) is 11.9 Å². The molecule has 0 aliphatic rings. The predicted octanol–water partition coefficient (Wildman–Crippen LogP) is 1.13. The highest BCUT2D eigenvalue weighted by Gasteiger charge is 2.27. The molecule has 2 aromatic rings. The van der Waals surface area contributed by atoms with Gasteiger partial charge in [0.05, 0.1) is 10.5 Å². The molecule has 1 atom stereocenters. The van der Waals surface area contributed by atoms with Gasteiger partial charge in [0.2, 0.25) is 10.0 Å². The number of ether oxygens (including phenoxy) is 1. The third kappa shape index (κ3) is 7.95. The zero-order valence-electron chi connectivity index (χ0n) is 18.2. The topological polar surface area (TPSA) is 145 Å². The minimum absolute atomic E-state index is 0.0102. The van der Waals surface area contributed by atoms with Crippen LogP contribution in [0.5, 0.6) is 0 Å². The minimum Gasteiger partial charge on any atom is -0.454 e.